The van der Waals surface area contributed by atoms with Crippen LogP contribution in [-0.4, -0.2) is 34.3 Å². The predicted molar refractivity (Wildman–Crippen MR) is 67.9 cm³/mol. The molecule has 0 radical (unpaired) electrons. The summed E-state index contributed by atoms with van der Waals surface area (Å²) in [5.74, 6) is 2.24. The summed E-state index contributed by atoms with van der Waals surface area (Å²) in [7, 11) is 0. The SMILES string of the molecule is CCCc1nc(N)cc(N2CCC(O)CC2)n1. The first-order valence-electron chi connectivity index (χ1n) is 6.25. The van der Waals surface area contributed by atoms with Crippen LogP contribution in [0.2, 0.25) is 0 Å². The summed E-state index contributed by atoms with van der Waals surface area (Å²) in [6.07, 6.45) is 3.30. The van der Waals surface area contributed by atoms with Crippen molar-refractivity contribution in [2.24, 2.45) is 0 Å². The topological polar surface area (TPSA) is 75.3 Å². The van der Waals surface area contributed by atoms with Crippen molar-refractivity contribution in [3.8, 4) is 0 Å². The minimum Gasteiger partial charge on any atom is -0.393 e. The monoisotopic (exact) mass is 236 g/mol. The van der Waals surface area contributed by atoms with Gasteiger partial charge >= 0.3 is 0 Å². The summed E-state index contributed by atoms with van der Waals surface area (Å²) < 4.78 is 0. The summed E-state index contributed by atoms with van der Waals surface area (Å²) in [6.45, 7) is 3.77. The molecule has 5 heteroatoms. The molecule has 0 atom stereocenters. The second-order valence-corrected chi connectivity index (χ2v) is 4.54. The Hall–Kier alpha value is -1.36. The lowest BCUT2D eigenvalue weighted by Gasteiger charge is -2.30. The van der Waals surface area contributed by atoms with Crippen molar-refractivity contribution >= 4 is 11.6 Å². The van der Waals surface area contributed by atoms with E-state index in [-0.39, 0.29) is 6.10 Å². The average Bonchev–Trinajstić information content (AvgIpc) is 2.29. The van der Waals surface area contributed by atoms with Gasteiger partial charge in [0.15, 0.2) is 0 Å². The van der Waals surface area contributed by atoms with E-state index < -0.39 is 0 Å². The number of nitrogens with two attached hydrogens (primary N) is 1. The van der Waals surface area contributed by atoms with E-state index >= 15 is 0 Å². The number of piperidine rings is 1. The summed E-state index contributed by atoms with van der Waals surface area (Å²) in [6, 6.07) is 1.82. The van der Waals surface area contributed by atoms with Gasteiger partial charge in [0.05, 0.1) is 6.10 Å². The van der Waals surface area contributed by atoms with E-state index in [9.17, 15) is 5.11 Å². The lowest BCUT2D eigenvalue weighted by atomic mass is 10.1. The van der Waals surface area contributed by atoms with Crippen LogP contribution in [0.15, 0.2) is 6.07 Å². The molecule has 3 N–H and O–H groups in total. The minimum absolute atomic E-state index is 0.166. The Morgan fingerprint density at radius 3 is 2.76 bits per heavy atom. The van der Waals surface area contributed by atoms with Gasteiger partial charge in [0, 0.05) is 25.6 Å². The van der Waals surface area contributed by atoms with Crippen molar-refractivity contribution in [2.45, 2.75) is 38.7 Å². The first kappa shape index (κ1) is 12.1. The van der Waals surface area contributed by atoms with Crippen LogP contribution in [0, 0.1) is 0 Å². The Kier molecular flexibility index (Phi) is 3.78. The Balaban J connectivity index is 2.14. The number of hydrogen-bond acceptors (Lipinski definition) is 5. The molecule has 0 amide bonds. The third-order valence-electron chi connectivity index (χ3n) is 3.04. The van der Waals surface area contributed by atoms with Gasteiger partial charge in [0.1, 0.15) is 17.5 Å². The molecular weight excluding hydrogens is 216 g/mol. The molecule has 1 aromatic rings. The van der Waals surface area contributed by atoms with Crippen molar-refractivity contribution < 1.29 is 5.11 Å². The molecule has 1 aliphatic heterocycles. The van der Waals surface area contributed by atoms with Gasteiger partial charge in [-0.2, -0.15) is 0 Å². The zero-order chi connectivity index (χ0) is 12.3. The van der Waals surface area contributed by atoms with Gasteiger partial charge < -0.3 is 15.7 Å². The number of aromatic nitrogens is 2. The van der Waals surface area contributed by atoms with Crippen molar-refractivity contribution in [2.75, 3.05) is 23.7 Å². The summed E-state index contributed by atoms with van der Waals surface area (Å²) >= 11 is 0. The molecule has 0 bridgehead atoms. The first-order chi connectivity index (χ1) is 8.19. The van der Waals surface area contributed by atoms with Gasteiger partial charge in [-0.25, -0.2) is 9.97 Å². The fourth-order valence-corrected chi connectivity index (χ4v) is 2.10. The van der Waals surface area contributed by atoms with Gasteiger partial charge in [0.25, 0.3) is 0 Å². The quantitative estimate of drug-likeness (QED) is 0.818. The molecule has 5 nitrogen and oxygen atoms in total. The molecule has 1 fully saturated rings. The largest absolute Gasteiger partial charge is 0.393 e. The van der Waals surface area contributed by atoms with Crippen LogP contribution in [0.4, 0.5) is 11.6 Å². The van der Waals surface area contributed by atoms with E-state index in [1.54, 1.807) is 0 Å². The highest BCUT2D eigenvalue weighted by Crippen LogP contribution is 2.19. The molecule has 0 unspecified atom stereocenters. The molecule has 0 spiro atoms. The van der Waals surface area contributed by atoms with E-state index in [0.29, 0.717) is 5.82 Å². The van der Waals surface area contributed by atoms with Crippen LogP contribution >= 0.6 is 0 Å². The molecule has 1 aromatic heterocycles. The molecule has 1 saturated heterocycles. The van der Waals surface area contributed by atoms with Crippen molar-refractivity contribution in [3.63, 3.8) is 0 Å². The lowest BCUT2D eigenvalue weighted by Crippen LogP contribution is -2.36. The molecule has 1 aliphatic rings. The maximum Gasteiger partial charge on any atom is 0.134 e. The van der Waals surface area contributed by atoms with Crippen LogP contribution in [0.3, 0.4) is 0 Å². The van der Waals surface area contributed by atoms with Crippen molar-refractivity contribution in [3.05, 3.63) is 11.9 Å². The zero-order valence-corrected chi connectivity index (χ0v) is 10.3. The molecule has 0 aliphatic carbocycles. The number of anilines is 2. The van der Waals surface area contributed by atoms with Gasteiger partial charge in [-0.05, 0) is 19.3 Å². The standard InChI is InChI=1S/C12H20N4O/c1-2-3-11-14-10(13)8-12(15-11)16-6-4-9(17)5-7-16/h8-9,17H,2-7H2,1H3,(H2,13,14,15). The molecular formula is C12H20N4O. The van der Waals surface area contributed by atoms with Gasteiger partial charge in [0.2, 0.25) is 0 Å². The van der Waals surface area contributed by atoms with E-state index in [4.69, 9.17) is 5.73 Å². The summed E-state index contributed by atoms with van der Waals surface area (Å²) in [5, 5.41) is 9.48. The molecule has 0 saturated carbocycles. The van der Waals surface area contributed by atoms with E-state index in [2.05, 4.69) is 21.8 Å². The summed E-state index contributed by atoms with van der Waals surface area (Å²) in [4.78, 5) is 10.9. The highest BCUT2D eigenvalue weighted by Gasteiger charge is 2.18. The number of rotatable bonds is 3. The Morgan fingerprint density at radius 1 is 1.41 bits per heavy atom. The number of aryl methyl sites for hydroxylation is 1. The molecule has 17 heavy (non-hydrogen) atoms. The number of hydrogen-bond donors (Lipinski definition) is 2. The van der Waals surface area contributed by atoms with Crippen LogP contribution < -0.4 is 10.6 Å². The number of nitrogen functional groups attached to an aromatic ring is 1. The van der Waals surface area contributed by atoms with Crippen molar-refractivity contribution in [1.82, 2.24) is 9.97 Å². The maximum absolute atomic E-state index is 9.48. The van der Waals surface area contributed by atoms with Crippen molar-refractivity contribution in [1.29, 1.82) is 0 Å². The number of nitrogens with zero attached hydrogens (tertiary/aromatic N) is 3. The third-order valence-corrected chi connectivity index (χ3v) is 3.04. The maximum atomic E-state index is 9.48. The second-order valence-electron chi connectivity index (χ2n) is 4.54. The molecule has 2 heterocycles. The molecule has 2 rings (SSSR count). The fraction of sp³-hybridized carbons (Fsp3) is 0.667. The predicted octanol–water partition coefficient (Wildman–Crippen LogP) is 0.972. The highest BCUT2D eigenvalue weighted by atomic mass is 16.3. The Bertz CT molecular complexity index is 375. The van der Waals surface area contributed by atoms with E-state index in [1.165, 1.54) is 0 Å². The van der Waals surface area contributed by atoms with Crippen LogP contribution in [0.1, 0.15) is 32.0 Å². The minimum atomic E-state index is -0.166. The fourth-order valence-electron chi connectivity index (χ4n) is 2.10. The van der Waals surface area contributed by atoms with E-state index in [0.717, 1.165) is 50.4 Å². The smallest absolute Gasteiger partial charge is 0.134 e. The Morgan fingerprint density at radius 2 is 2.12 bits per heavy atom. The van der Waals surface area contributed by atoms with Gasteiger partial charge in [-0.1, -0.05) is 6.92 Å². The van der Waals surface area contributed by atoms with Crippen LogP contribution in [0.25, 0.3) is 0 Å². The number of aliphatic hydroxyl groups excluding tert-OH is 1. The van der Waals surface area contributed by atoms with Crippen LogP contribution in [0.5, 0.6) is 0 Å². The average molecular weight is 236 g/mol. The number of aliphatic hydroxyl groups is 1. The normalized spacial score (nSPS) is 17.4. The molecule has 0 aromatic carbocycles. The first-order valence-corrected chi connectivity index (χ1v) is 6.25. The third kappa shape index (κ3) is 3.06. The van der Waals surface area contributed by atoms with Gasteiger partial charge in [-0.15, -0.1) is 0 Å². The van der Waals surface area contributed by atoms with Gasteiger partial charge in [-0.3, -0.25) is 0 Å². The van der Waals surface area contributed by atoms with E-state index in [1.807, 2.05) is 6.07 Å². The lowest BCUT2D eigenvalue weighted by molar-refractivity contribution is 0.145. The van der Waals surface area contributed by atoms with Crippen LogP contribution in [-0.2, 0) is 6.42 Å². The Labute approximate surface area is 102 Å². The second kappa shape index (κ2) is 5.31. The molecule has 94 valence electrons. The highest BCUT2D eigenvalue weighted by molar-refractivity contribution is 5.47. The zero-order valence-electron chi connectivity index (χ0n) is 10.3. The summed E-state index contributed by atoms with van der Waals surface area (Å²) in [5.41, 5.74) is 5.80.